The smallest absolute Gasteiger partial charge is 0.299 e. The minimum absolute atomic E-state index is 0.444. The lowest BCUT2D eigenvalue weighted by Crippen LogP contribution is -2.41. The van der Waals surface area contributed by atoms with Gasteiger partial charge in [0.05, 0.1) is 26.4 Å². The molecule has 0 unspecified atom stereocenters. The molecule has 2 aliphatic heterocycles. The van der Waals surface area contributed by atoms with E-state index >= 15 is 0 Å². The molecule has 13 heavy (non-hydrogen) atoms. The van der Waals surface area contributed by atoms with Gasteiger partial charge in [0, 0.05) is 0 Å². The van der Waals surface area contributed by atoms with Crippen molar-refractivity contribution in [3.8, 4) is 0 Å². The van der Waals surface area contributed by atoms with E-state index in [1.165, 1.54) is 0 Å². The molecule has 0 fully saturated rings. The van der Waals surface area contributed by atoms with E-state index in [9.17, 15) is 0 Å². The maximum atomic E-state index is 5.32. The van der Waals surface area contributed by atoms with Gasteiger partial charge in [-0.25, -0.2) is 0 Å². The van der Waals surface area contributed by atoms with E-state index in [0.717, 1.165) is 0 Å². The monoisotopic (exact) mass is 184 g/mol. The van der Waals surface area contributed by atoms with Gasteiger partial charge < -0.3 is 0 Å². The Morgan fingerprint density at radius 2 is 0.923 bits per heavy atom. The van der Waals surface area contributed by atoms with Crippen LogP contribution in [0.5, 0.6) is 0 Å². The zero-order valence-corrected chi connectivity index (χ0v) is 7.27. The molecule has 1 spiro atoms. The molecule has 4 nitrogen and oxygen atoms in total. The summed E-state index contributed by atoms with van der Waals surface area (Å²) in [6.07, 6.45) is 6.20. The van der Waals surface area contributed by atoms with Gasteiger partial charge in [-0.1, -0.05) is 24.3 Å². The Balaban J connectivity index is 2.01. The van der Waals surface area contributed by atoms with Crippen molar-refractivity contribution in [2.24, 2.45) is 0 Å². The second-order valence-corrected chi connectivity index (χ2v) is 2.69. The molecule has 4 heteroatoms. The molecule has 0 saturated heterocycles. The van der Waals surface area contributed by atoms with E-state index in [0.29, 0.717) is 26.4 Å². The predicted octanol–water partition coefficient (Wildman–Crippen LogP) is 0.804. The van der Waals surface area contributed by atoms with Gasteiger partial charge >= 0.3 is 6.16 Å². The predicted molar refractivity (Wildman–Crippen MR) is 44.8 cm³/mol. The Morgan fingerprint density at radius 3 is 1.23 bits per heavy atom. The van der Waals surface area contributed by atoms with Crippen molar-refractivity contribution < 1.29 is 18.9 Å². The van der Waals surface area contributed by atoms with Crippen molar-refractivity contribution in [1.82, 2.24) is 0 Å². The van der Waals surface area contributed by atoms with E-state index in [-0.39, 0.29) is 0 Å². The highest BCUT2D eigenvalue weighted by molar-refractivity contribution is 4.86. The van der Waals surface area contributed by atoms with Gasteiger partial charge in [0.1, 0.15) is 0 Å². The fourth-order valence-corrected chi connectivity index (χ4v) is 1.12. The normalized spacial score (nSPS) is 27.1. The lowest BCUT2D eigenvalue weighted by atomic mass is 10.5. The third-order valence-corrected chi connectivity index (χ3v) is 1.76. The Morgan fingerprint density at radius 1 is 0.615 bits per heavy atom. The number of ether oxygens (including phenoxy) is 4. The maximum Gasteiger partial charge on any atom is 0.413 e. The van der Waals surface area contributed by atoms with E-state index < -0.39 is 6.16 Å². The fraction of sp³-hybridized carbons (Fsp3) is 0.556. The van der Waals surface area contributed by atoms with Crippen LogP contribution in [-0.4, -0.2) is 32.6 Å². The Labute approximate surface area is 76.7 Å². The SMILES string of the molecule is C1=CCOC2(OC1)OCC=CCO2. The zero-order chi connectivity index (χ0) is 8.99. The molecule has 2 rings (SSSR count). The molecular formula is C9H12O4. The molecule has 2 heterocycles. The largest absolute Gasteiger partial charge is 0.413 e. The highest BCUT2D eigenvalue weighted by Crippen LogP contribution is 2.21. The molecule has 0 aromatic carbocycles. The van der Waals surface area contributed by atoms with E-state index in [1.807, 2.05) is 24.3 Å². The second-order valence-electron chi connectivity index (χ2n) is 2.69. The summed E-state index contributed by atoms with van der Waals surface area (Å²) in [7, 11) is 0. The van der Waals surface area contributed by atoms with Gasteiger partial charge in [-0.3, -0.25) is 18.9 Å². The molecule has 0 aromatic rings. The van der Waals surface area contributed by atoms with Gasteiger partial charge in [0.25, 0.3) is 0 Å². The van der Waals surface area contributed by atoms with Crippen LogP contribution >= 0.6 is 0 Å². The summed E-state index contributed by atoms with van der Waals surface area (Å²) in [5.41, 5.74) is 0. The molecular weight excluding hydrogens is 172 g/mol. The summed E-state index contributed by atoms with van der Waals surface area (Å²) in [4.78, 5) is 0. The molecule has 2 aliphatic rings. The van der Waals surface area contributed by atoms with Crippen LogP contribution in [0.1, 0.15) is 0 Å². The Hall–Kier alpha value is -0.680. The highest BCUT2D eigenvalue weighted by atomic mass is 17.0. The molecule has 0 amide bonds. The van der Waals surface area contributed by atoms with Crippen molar-refractivity contribution in [1.29, 1.82) is 0 Å². The summed E-state index contributed by atoms with van der Waals surface area (Å²) < 4.78 is 21.3. The van der Waals surface area contributed by atoms with Crippen molar-refractivity contribution in [3.05, 3.63) is 24.3 Å². The first-order chi connectivity index (χ1) is 6.41. The Kier molecular flexibility index (Phi) is 2.75. The summed E-state index contributed by atoms with van der Waals surface area (Å²) in [5.74, 6) is 0. The summed E-state index contributed by atoms with van der Waals surface area (Å²) in [5, 5.41) is 0. The topological polar surface area (TPSA) is 36.9 Å². The minimum Gasteiger partial charge on any atom is -0.299 e. The summed E-state index contributed by atoms with van der Waals surface area (Å²) in [6, 6.07) is 0. The van der Waals surface area contributed by atoms with Crippen LogP contribution in [0.15, 0.2) is 24.3 Å². The molecule has 0 bridgehead atoms. The summed E-state index contributed by atoms with van der Waals surface area (Å²) in [6.45, 7) is 1.78. The molecule has 72 valence electrons. The van der Waals surface area contributed by atoms with E-state index in [1.54, 1.807) is 0 Å². The number of hydrogen-bond acceptors (Lipinski definition) is 4. The van der Waals surface area contributed by atoms with Gasteiger partial charge in [-0.05, 0) is 0 Å². The minimum atomic E-state index is -1.30. The molecule has 0 radical (unpaired) electrons. The zero-order valence-electron chi connectivity index (χ0n) is 7.27. The Bertz CT molecular complexity index is 174. The van der Waals surface area contributed by atoms with Crippen molar-refractivity contribution >= 4 is 0 Å². The van der Waals surface area contributed by atoms with E-state index in [4.69, 9.17) is 18.9 Å². The maximum absolute atomic E-state index is 5.32. The average molecular weight is 184 g/mol. The molecule has 0 aliphatic carbocycles. The van der Waals surface area contributed by atoms with Crippen LogP contribution < -0.4 is 0 Å². The molecule has 0 aromatic heterocycles. The second kappa shape index (κ2) is 4.02. The van der Waals surface area contributed by atoms with Crippen LogP contribution in [0.3, 0.4) is 0 Å². The van der Waals surface area contributed by atoms with E-state index in [2.05, 4.69) is 0 Å². The van der Waals surface area contributed by atoms with Gasteiger partial charge in [-0.2, -0.15) is 0 Å². The van der Waals surface area contributed by atoms with Crippen LogP contribution in [-0.2, 0) is 18.9 Å². The standard InChI is InChI=1S/C9H12O4/c1-2-6-11-9(10-5-1)12-7-3-4-8-13-9/h1-4H,5-8H2. The van der Waals surface area contributed by atoms with Crippen LogP contribution in [0, 0.1) is 0 Å². The van der Waals surface area contributed by atoms with Crippen LogP contribution in [0.2, 0.25) is 0 Å². The fourth-order valence-electron chi connectivity index (χ4n) is 1.12. The third kappa shape index (κ3) is 2.16. The van der Waals surface area contributed by atoms with Gasteiger partial charge in [0.15, 0.2) is 0 Å². The lowest BCUT2D eigenvalue weighted by molar-refractivity contribution is -0.486. The first-order valence-electron chi connectivity index (χ1n) is 4.27. The van der Waals surface area contributed by atoms with Crippen molar-refractivity contribution in [2.75, 3.05) is 26.4 Å². The lowest BCUT2D eigenvalue weighted by Gasteiger charge is -2.28. The average Bonchev–Trinajstić information content (AvgIpc) is 2.50. The molecule has 0 N–H and O–H groups in total. The molecule has 0 atom stereocenters. The number of rotatable bonds is 0. The van der Waals surface area contributed by atoms with Gasteiger partial charge in [-0.15, -0.1) is 0 Å². The highest BCUT2D eigenvalue weighted by Gasteiger charge is 2.36. The van der Waals surface area contributed by atoms with Crippen LogP contribution in [0.25, 0.3) is 0 Å². The quantitative estimate of drug-likeness (QED) is 0.522. The van der Waals surface area contributed by atoms with Gasteiger partial charge in [0.2, 0.25) is 0 Å². The first-order valence-corrected chi connectivity index (χ1v) is 4.27. The third-order valence-electron chi connectivity index (χ3n) is 1.76. The number of hydrogen-bond donors (Lipinski definition) is 0. The first kappa shape index (κ1) is 8.90. The van der Waals surface area contributed by atoms with Crippen LogP contribution in [0.4, 0.5) is 0 Å². The molecule has 0 saturated carbocycles. The summed E-state index contributed by atoms with van der Waals surface area (Å²) >= 11 is 0. The van der Waals surface area contributed by atoms with Crippen molar-refractivity contribution in [3.63, 3.8) is 0 Å². The van der Waals surface area contributed by atoms with Crippen molar-refractivity contribution in [2.45, 2.75) is 6.16 Å².